The number of nitrogens with zero attached hydrogens (tertiary/aromatic N) is 5. The highest BCUT2D eigenvalue weighted by atomic mass is 32.2. The van der Waals surface area contributed by atoms with E-state index in [0.29, 0.717) is 16.1 Å². The number of carbonyl (C=O) groups excluding carboxylic acids is 1. The minimum atomic E-state index is -0.135. The zero-order chi connectivity index (χ0) is 17.4. The average Bonchev–Trinajstić information content (AvgIpc) is 3.15. The molecule has 0 saturated heterocycles. The number of carbonyl (C=O) groups is 1. The summed E-state index contributed by atoms with van der Waals surface area (Å²) in [5.74, 6) is 0.625. The molecular weight excluding hydrogens is 356 g/mol. The molecule has 3 heterocycles. The van der Waals surface area contributed by atoms with Gasteiger partial charge in [-0.3, -0.25) is 4.79 Å². The van der Waals surface area contributed by atoms with E-state index in [4.69, 9.17) is 0 Å². The van der Waals surface area contributed by atoms with E-state index in [1.807, 2.05) is 44.2 Å². The normalized spacial score (nSPS) is 11.3. The SMILES string of the molecule is Cc1cc(C)n2nc(SCC(=O)Nc3nc4ccccc4s3)nc2n1. The molecule has 0 aliphatic heterocycles. The van der Waals surface area contributed by atoms with Gasteiger partial charge in [-0.2, -0.15) is 4.98 Å². The Morgan fingerprint density at radius 1 is 1.24 bits per heavy atom. The highest BCUT2D eigenvalue weighted by molar-refractivity contribution is 7.99. The molecular formula is C16H14N6OS2. The highest BCUT2D eigenvalue weighted by Gasteiger charge is 2.12. The van der Waals surface area contributed by atoms with E-state index < -0.39 is 0 Å². The summed E-state index contributed by atoms with van der Waals surface area (Å²) in [4.78, 5) is 25.3. The molecule has 0 bridgehead atoms. The third-order valence-corrected chi connectivity index (χ3v) is 5.26. The molecule has 0 radical (unpaired) electrons. The maximum atomic E-state index is 12.2. The minimum absolute atomic E-state index is 0.135. The Balaban J connectivity index is 1.44. The van der Waals surface area contributed by atoms with Gasteiger partial charge in [0.2, 0.25) is 11.1 Å². The third kappa shape index (κ3) is 3.33. The van der Waals surface area contributed by atoms with Gasteiger partial charge in [0, 0.05) is 11.4 Å². The number of benzene rings is 1. The van der Waals surface area contributed by atoms with Gasteiger partial charge in [0.25, 0.3) is 5.78 Å². The molecule has 0 spiro atoms. The Labute approximate surface area is 151 Å². The van der Waals surface area contributed by atoms with E-state index in [0.717, 1.165) is 21.6 Å². The second-order valence-corrected chi connectivity index (χ2v) is 7.44. The lowest BCUT2D eigenvalue weighted by atomic mass is 10.3. The standard InChI is InChI=1S/C16H14N6OS2/c1-9-7-10(2)22-14(17-9)20-16(21-22)24-8-13(23)19-15-18-11-5-3-4-6-12(11)25-15/h3-7H,8H2,1-2H3,(H,18,19,23). The van der Waals surface area contributed by atoms with Crippen LogP contribution in [0, 0.1) is 13.8 Å². The summed E-state index contributed by atoms with van der Waals surface area (Å²) in [6.45, 7) is 3.87. The van der Waals surface area contributed by atoms with Crippen molar-refractivity contribution in [3.05, 3.63) is 41.7 Å². The lowest BCUT2D eigenvalue weighted by Crippen LogP contribution is -2.13. The van der Waals surface area contributed by atoms with Gasteiger partial charge in [0.05, 0.1) is 16.0 Å². The van der Waals surface area contributed by atoms with Crippen molar-refractivity contribution < 1.29 is 4.79 Å². The first-order valence-corrected chi connectivity index (χ1v) is 9.38. The van der Waals surface area contributed by atoms with E-state index in [9.17, 15) is 4.79 Å². The largest absolute Gasteiger partial charge is 0.301 e. The lowest BCUT2D eigenvalue weighted by molar-refractivity contribution is -0.113. The number of aromatic nitrogens is 5. The van der Waals surface area contributed by atoms with Crippen LogP contribution in [-0.2, 0) is 4.79 Å². The third-order valence-electron chi connectivity index (χ3n) is 3.47. The molecule has 7 nitrogen and oxygen atoms in total. The van der Waals surface area contributed by atoms with Crippen LogP contribution < -0.4 is 5.32 Å². The molecule has 0 aliphatic rings. The number of para-hydroxylation sites is 1. The molecule has 126 valence electrons. The predicted octanol–water partition coefficient (Wildman–Crippen LogP) is 3.08. The maximum Gasteiger partial charge on any atom is 0.253 e. The monoisotopic (exact) mass is 370 g/mol. The Morgan fingerprint density at radius 2 is 2.08 bits per heavy atom. The Kier molecular flexibility index (Phi) is 4.10. The summed E-state index contributed by atoms with van der Waals surface area (Å²) in [5.41, 5.74) is 2.73. The van der Waals surface area contributed by atoms with E-state index in [2.05, 4.69) is 25.4 Å². The van der Waals surface area contributed by atoms with Crippen molar-refractivity contribution in [1.29, 1.82) is 0 Å². The number of rotatable bonds is 4. The molecule has 9 heteroatoms. The summed E-state index contributed by atoms with van der Waals surface area (Å²) >= 11 is 2.73. The molecule has 4 rings (SSSR count). The van der Waals surface area contributed by atoms with Crippen LogP contribution >= 0.6 is 23.1 Å². The highest BCUT2D eigenvalue weighted by Crippen LogP contribution is 2.25. The Hall–Kier alpha value is -2.52. The van der Waals surface area contributed by atoms with Gasteiger partial charge in [-0.1, -0.05) is 35.2 Å². The number of nitrogens with one attached hydrogen (secondary N) is 1. The summed E-state index contributed by atoms with van der Waals surface area (Å²) in [6.07, 6.45) is 0. The summed E-state index contributed by atoms with van der Waals surface area (Å²) in [7, 11) is 0. The molecule has 0 aliphatic carbocycles. The number of amides is 1. The van der Waals surface area contributed by atoms with Crippen molar-refractivity contribution in [2.24, 2.45) is 0 Å². The van der Waals surface area contributed by atoms with E-state index in [1.165, 1.54) is 23.1 Å². The fourth-order valence-corrected chi connectivity index (χ4v) is 3.92. The number of hydrogen-bond acceptors (Lipinski definition) is 7. The molecule has 25 heavy (non-hydrogen) atoms. The molecule has 4 aromatic rings. The van der Waals surface area contributed by atoms with Gasteiger partial charge in [-0.25, -0.2) is 14.5 Å². The Bertz CT molecular complexity index is 1050. The number of thiazole rings is 1. The van der Waals surface area contributed by atoms with E-state index in [1.54, 1.807) is 4.52 Å². The first-order valence-electron chi connectivity index (χ1n) is 7.58. The van der Waals surface area contributed by atoms with Crippen LogP contribution in [0.5, 0.6) is 0 Å². The average molecular weight is 370 g/mol. The fourth-order valence-electron chi connectivity index (χ4n) is 2.42. The fraction of sp³-hybridized carbons (Fsp3) is 0.188. The quantitative estimate of drug-likeness (QED) is 0.556. The molecule has 0 saturated carbocycles. The first-order chi connectivity index (χ1) is 12.1. The van der Waals surface area contributed by atoms with Gasteiger partial charge >= 0.3 is 0 Å². The van der Waals surface area contributed by atoms with Crippen LogP contribution in [-0.4, -0.2) is 36.2 Å². The predicted molar refractivity (Wildman–Crippen MR) is 99.2 cm³/mol. The topological polar surface area (TPSA) is 85.1 Å². The van der Waals surface area contributed by atoms with Crippen molar-refractivity contribution in [3.8, 4) is 0 Å². The number of aryl methyl sites for hydroxylation is 2. The second-order valence-electron chi connectivity index (χ2n) is 5.47. The van der Waals surface area contributed by atoms with Crippen molar-refractivity contribution in [2.45, 2.75) is 19.0 Å². The van der Waals surface area contributed by atoms with Crippen molar-refractivity contribution in [1.82, 2.24) is 24.6 Å². The molecule has 0 fully saturated rings. The van der Waals surface area contributed by atoms with Crippen LogP contribution in [0.4, 0.5) is 5.13 Å². The number of fused-ring (bicyclic) bond motifs is 2. The van der Waals surface area contributed by atoms with Gasteiger partial charge in [-0.05, 0) is 32.0 Å². The van der Waals surface area contributed by atoms with Gasteiger partial charge in [0.15, 0.2) is 5.13 Å². The number of anilines is 1. The maximum absolute atomic E-state index is 12.2. The van der Waals surface area contributed by atoms with Crippen LogP contribution in [0.1, 0.15) is 11.4 Å². The summed E-state index contributed by atoms with van der Waals surface area (Å²) < 4.78 is 2.73. The van der Waals surface area contributed by atoms with Crippen LogP contribution in [0.2, 0.25) is 0 Å². The van der Waals surface area contributed by atoms with Gasteiger partial charge in [-0.15, -0.1) is 5.10 Å². The molecule has 0 unspecified atom stereocenters. The summed E-state index contributed by atoms with van der Waals surface area (Å²) in [5, 5.41) is 8.33. The van der Waals surface area contributed by atoms with Crippen LogP contribution in [0.15, 0.2) is 35.5 Å². The van der Waals surface area contributed by atoms with Crippen molar-refractivity contribution in [2.75, 3.05) is 11.1 Å². The van der Waals surface area contributed by atoms with Crippen LogP contribution in [0.3, 0.4) is 0 Å². The van der Waals surface area contributed by atoms with E-state index in [-0.39, 0.29) is 11.7 Å². The minimum Gasteiger partial charge on any atom is -0.301 e. The molecule has 1 aromatic carbocycles. The summed E-state index contributed by atoms with van der Waals surface area (Å²) in [6, 6.07) is 9.73. The molecule has 0 atom stereocenters. The smallest absolute Gasteiger partial charge is 0.253 e. The van der Waals surface area contributed by atoms with Crippen molar-refractivity contribution >= 4 is 50.1 Å². The second kappa shape index (κ2) is 6.41. The number of hydrogen-bond donors (Lipinski definition) is 1. The zero-order valence-corrected chi connectivity index (χ0v) is 15.2. The molecule has 1 N–H and O–H groups in total. The lowest BCUT2D eigenvalue weighted by Gasteiger charge is -1.98. The van der Waals surface area contributed by atoms with Crippen LogP contribution in [0.25, 0.3) is 16.0 Å². The number of thioether (sulfide) groups is 1. The van der Waals surface area contributed by atoms with Crippen molar-refractivity contribution in [3.63, 3.8) is 0 Å². The van der Waals surface area contributed by atoms with Gasteiger partial charge < -0.3 is 5.32 Å². The molecule has 3 aromatic heterocycles. The zero-order valence-electron chi connectivity index (χ0n) is 13.6. The van der Waals surface area contributed by atoms with E-state index >= 15 is 0 Å². The molecule has 1 amide bonds. The Morgan fingerprint density at radius 3 is 2.92 bits per heavy atom. The first kappa shape index (κ1) is 16.0. The van der Waals surface area contributed by atoms with Gasteiger partial charge in [0.1, 0.15) is 0 Å².